The summed E-state index contributed by atoms with van der Waals surface area (Å²) in [6, 6.07) is 0.502. The Hall–Kier alpha value is -0.610. The highest BCUT2D eigenvalue weighted by molar-refractivity contribution is 5.80. The topological polar surface area (TPSA) is 47.6 Å². The third-order valence-electron chi connectivity index (χ3n) is 3.84. The molecule has 0 aromatic heterocycles. The number of nitrogens with one attached hydrogen (secondary N) is 1. The van der Waals surface area contributed by atoms with Crippen molar-refractivity contribution in [2.45, 2.75) is 64.0 Å². The van der Waals surface area contributed by atoms with Crippen LogP contribution in [0.4, 0.5) is 0 Å². The van der Waals surface area contributed by atoms with Crippen molar-refractivity contribution >= 4 is 5.97 Å². The zero-order valence-electron chi connectivity index (χ0n) is 12.2. The van der Waals surface area contributed by atoms with E-state index in [0.29, 0.717) is 12.6 Å². The highest BCUT2D eigenvalue weighted by atomic mass is 16.5. The molecule has 0 bridgehead atoms. The normalized spacial score (nSPS) is 22.0. The van der Waals surface area contributed by atoms with E-state index >= 15 is 0 Å². The molecule has 0 aromatic carbocycles. The van der Waals surface area contributed by atoms with Gasteiger partial charge in [0.25, 0.3) is 0 Å². The third-order valence-corrected chi connectivity index (χ3v) is 3.84. The predicted molar refractivity (Wildman–Crippen MR) is 74.0 cm³/mol. The van der Waals surface area contributed by atoms with Crippen molar-refractivity contribution in [3.05, 3.63) is 0 Å². The molecule has 2 aliphatic rings. The summed E-state index contributed by atoms with van der Waals surface area (Å²) in [7, 11) is 0. The summed E-state index contributed by atoms with van der Waals surface area (Å²) in [6.45, 7) is 5.90. The Labute approximate surface area is 116 Å². The van der Waals surface area contributed by atoms with Gasteiger partial charge in [-0.3, -0.25) is 10.1 Å². The number of rotatable bonds is 10. The van der Waals surface area contributed by atoms with Gasteiger partial charge in [-0.1, -0.05) is 0 Å². The van der Waals surface area contributed by atoms with Gasteiger partial charge in [0.05, 0.1) is 6.61 Å². The fraction of sp³-hybridized carbons (Fsp3) is 0.933. The summed E-state index contributed by atoms with van der Waals surface area (Å²) in [5.41, 5.74) is -0.542. The van der Waals surface area contributed by atoms with Gasteiger partial charge in [-0.05, 0) is 58.3 Å². The number of ether oxygens (including phenoxy) is 2. The first-order chi connectivity index (χ1) is 9.14. The van der Waals surface area contributed by atoms with E-state index in [9.17, 15) is 4.79 Å². The lowest BCUT2D eigenvalue weighted by Crippen LogP contribution is -2.51. The van der Waals surface area contributed by atoms with Crippen LogP contribution in [0.25, 0.3) is 0 Å². The first kappa shape index (κ1) is 14.8. The molecule has 2 rings (SSSR count). The molecule has 110 valence electrons. The van der Waals surface area contributed by atoms with Crippen molar-refractivity contribution in [1.82, 2.24) is 5.32 Å². The summed E-state index contributed by atoms with van der Waals surface area (Å²) in [5, 5.41) is 3.43. The molecule has 2 aliphatic carbocycles. The smallest absolute Gasteiger partial charge is 0.326 e. The number of carbonyl (C=O) groups is 1. The molecule has 0 aromatic rings. The van der Waals surface area contributed by atoms with Crippen molar-refractivity contribution in [3.63, 3.8) is 0 Å². The summed E-state index contributed by atoms with van der Waals surface area (Å²) < 4.78 is 10.8. The van der Waals surface area contributed by atoms with E-state index in [-0.39, 0.29) is 5.97 Å². The Morgan fingerprint density at radius 3 is 2.63 bits per heavy atom. The van der Waals surface area contributed by atoms with E-state index in [0.717, 1.165) is 32.0 Å². The monoisotopic (exact) mass is 269 g/mol. The summed E-state index contributed by atoms with van der Waals surface area (Å²) in [6.07, 6.45) is 6.68. The first-order valence-electron chi connectivity index (χ1n) is 7.66. The minimum Gasteiger partial charge on any atom is -0.465 e. The quantitative estimate of drug-likeness (QED) is 0.488. The van der Waals surface area contributed by atoms with Crippen LogP contribution >= 0.6 is 0 Å². The lowest BCUT2D eigenvalue weighted by atomic mass is 9.95. The van der Waals surface area contributed by atoms with Gasteiger partial charge in [0.1, 0.15) is 5.54 Å². The first-order valence-corrected chi connectivity index (χ1v) is 7.66. The van der Waals surface area contributed by atoms with Crippen molar-refractivity contribution in [3.8, 4) is 0 Å². The van der Waals surface area contributed by atoms with E-state index in [4.69, 9.17) is 9.47 Å². The van der Waals surface area contributed by atoms with Gasteiger partial charge in [-0.2, -0.15) is 0 Å². The largest absolute Gasteiger partial charge is 0.465 e. The highest BCUT2D eigenvalue weighted by Crippen LogP contribution is 2.29. The third kappa shape index (κ3) is 5.11. The molecule has 0 amide bonds. The van der Waals surface area contributed by atoms with Gasteiger partial charge in [-0.25, -0.2) is 0 Å². The Morgan fingerprint density at radius 1 is 1.32 bits per heavy atom. The van der Waals surface area contributed by atoms with Crippen LogP contribution in [-0.2, 0) is 14.3 Å². The fourth-order valence-corrected chi connectivity index (χ4v) is 2.26. The zero-order chi connectivity index (χ0) is 13.7. The molecule has 1 N–H and O–H groups in total. The van der Waals surface area contributed by atoms with E-state index in [2.05, 4.69) is 5.32 Å². The lowest BCUT2D eigenvalue weighted by molar-refractivity contribution is -0.151. The summed E-state index contributed by atoms with van der Waals surface area (Å²) >= 11 is 0. The molecule has 1 unspecified atom stereocenters. The van der Waals surface area contributed by atoms with Crippen LogP contribution in [0.5, 0.6) is 0 Å². The summed E-state index contributed by atoms with van der Waals surface area (Å²) in [4.78, 5) is 12.1. The van der Waals surface area contributed by atoms with Crippen molar-refractivity contribution in [2.24, 2.45) is 5.92 Å². The SMILES string of the molecule is CCOC(=O)C(C)(CCCOCC1CC1)NC1CC1. The number of hydrogen-bond donors (Lipinski definition) is 1. The molecule has 1 atom stereocenters. The molecule has 0 heterocycles. The molecule has 0 saturated heterocycles. The fourth-order valence-electron chi connectivity index (χ4n) is 2.26. The molecule has 2 saturated carbocycles. The Bertz CT molecular complexity index is 300. The molecular formula is C15H27NO3. The van der Waals surface area contributed by atoms with E-state index in [1.165, 1.54) is 25.7 Å². The Balaban J connectivity index is 1.69. The average molecular weight is 269 g/mol. The predicted octanol–water partition coefficient (Wildman–Crippen LogP) is 2.27. The van der Waals surface area contributed by atoms with Crippen LogP contribution in [0.1, 0.15) is 52.4 Å². The van der Waals surface area contributed by atoms with Crippen molar-refractivity contribution in [2.75, 3.05) is 19.8 Å². The molecule has 2 fully saturated rings. The molecule has 0 spiro atoms. The van der Waals surface area contributed by atoms with Crippen LogP contribution in [0, 0.1) is 5.92 Å². The van der Waals surface area contributed by atoms with Crippen LogP contribution in [0.15, 0.2) is 0 Å². The highest BCUT2D eigenvalue weighted by Gasteiger charge is 2.39. The average Bonchev–Trinajstić information content (AvgIpc) is 3.23. The zero-order valence-corrected chi connectivity index (χ0v) is 12.2. The lowest BCUT2D eigenvalue weighted by Gasteiger charge is -2.28. The van der Waals surface area contributed by atoms with Crippen LogP contribution in [0.3, 0.4) is 0 Å². The molecule has 4 heteroatoms. The second-order valence-electron chi connectivity index (χ2n) is 6.09. The van der Waals surface area contributed by atoms with Crippen LogP contribution in [-0.4, -0.2) is 37.4 Å². The van der Waals surface area contributed by atoms with Gasteiger partial charge in [0, 0.05) is 19.3 Å². The van der Waals surface area contributed by atoms with E-state index in [1.54, 1.807) is 0 Å². The summed E-state index contributed by atoms with van der Waals surface area (Å²) in [5.74, 6) is 0.685. The number of esters is 1. The van der Waals surface area contributed by atoms with Crippen molar-refractivity contribution in [1.29, 1.82) is 0 Å². The maximum absolute atomic E-state index is 12.1. The maximum Gasteiger partial charge on any atom is 0.326 e. The second-order valence-corrected chi connectivity index (χ2v) is 6.09. The molecule has 0 radical (unpaired) electrons. The Morgan fingerprint density at radius 2 is 2.05 bits per heavy atom. The van der Waals surface area contributed by atoms with Gasteiger partial charge < -0.3 is 9.47 Å². The molecule has 4 nitrogen and oxygen atoms in total. The van der Waals surface area contributed by atoms with E-state index in [1.807, 2.05) is 13.8 Å². The van der Waals surface area contributed by atoms with Crippen LogP contribution in [0.2, 0.25) is 0 Å². The molecule has 19 heavy (non-hydrogen) atoms. The number of hydrogen-bond acceptors (Lipinski definition) is 4. The van der Waals surface area contributed by atoms with Gasteiger partial charge in [-0.15, -0.1) is 0 Å². The molecule has 0 aliphatic heterocycles. The second kappa shape index (κ2) is 6.71. The number of carbonyl (C=O) groups excluding carboxylic acids is 1. The maximum atomic E-state index is 12.1. The van der Waals surface area contributed by atoms with E-state index < -0.39 is 5.54 Å². The minimum absolute atomic E-state index is 0.121. The van der Waals surface area contributed by atoms with Gasteiger partial charge in [0.2, 0.25) is 0 Å². The van der Waals surface area contributed by atoms with Crippen molar-refractivity contribution < 1.29 is 14.3 Å². The standard InChI is InChI=1S/C15H27NO3/c1-3-19-14(17)15(2,16-13-7-8-13)9-4-10-18-11-12-5-6-12/h12-13,16H,3-11H2,1-2H3. The molecular weight excluding hydrogens is 242 g/mol. The minimum atomic E-state index is -0.542. The van der Waals surface area contributed by atoms with Gasteiger partial charge >= 0.3 is 5.97 Å². The van der Waals surface area contributed by atoms with Gasteiger partial charge in [0.15, 0.2) is 0 Å². The van der Waals surface area contributed by atoms with Crippen LogP contribution < -0.4 is 5.32 Å². The Kier molecular flexibility index (Phi) is 5.22.